The van der Waals surface area contributed by atoms with Crippen molar-refractivity contribution in [2.45, 2.75) is 82.5 Å². The number of nitrogens with zero attached hydrogens (tertiary/aromatic N) is 5. The Balaban J connectivity index is 0.918. The molecular weight excluding hydrogens is 855 g/mol. The number of anilines is 1. The molecule has 2 aromatic heterocycles. The molecule has 0 spiro atoms. The molecule has 67 heavy (non-hydrogen) atoms. The average Bonchev–Trinajstić information content (AvgIpc) is 4.16. The number of carbonyl (C=O) groups excluding carboxylic acids is 5. The van der Waals surface area contributed by atoms with Crippen molar-refractivity contribution in [1.82, 2.24) is 46.7 Å². The lowest BCUT2D eigenvalue weighted by Gasteiger charge is -2.27. The summed E-state index contributed by atoms with van der Waals surface area (Å²) < 4.78 is 5.47. The Labute approximate surface area is 386 Å². The van der Waals surface area contributed by atoms with Crippen LogP contribution in [-0.2, 0) is 14.4 Å². The van der Waals surface area contributed by atoms with Gasteiger partial charge in [-0.25, -0.2) is 9.99 Å². The van der Waals surface area contributed by atoms with Crippen LogP contribution >= 0.6 is 0 Å². The Bertz CT molecular complexity index is 2810. The van der Waals surface area contributed by atoms with Gasteiger partial charge in [-0.15, -0.1) is 0 Å². The summed E-state index contributed by atoms with van der Waals surface area (Å²) >= 11 is 0. The molecule has 1 fully saturated rings. The molecule has 346 valence electrons. The molecule has 3 aromatic carbocycles. The van der Waals surface area contributed by atoms with Crippen molar-refractivity contribution in [2.24, 2.45) is 22.7 Å². The molecule has 7 atom stereocenters. The number of amidine groups is 1. The van der Waals surface area contributed by atoms with Gasteiger partial charge in [-0.05, 0) is 85.9 Å². The van der Waals surface area contributed by atoms with Gasteiger partial charge < -0.3 is 41.3 Å². The summed E-state index contributed by atoms with van der Waals surface area (Å²) in [4.78, 5) is 83.0. The third-order valence-corrected chi connectivity index (χ3v) is 12.6. The van der Waals surface area contributed by atoms with Crippen molar-refractivity contribution in [2.75, 3.05) is 25.5 Å². The summed E-state index contributed by atoms with van der Waals surface area (Å²) in [5.74, 6) is -2.30. The fourth-order valence-electron chi connectivity index (χ4n) is 9.39. The summed E-state index contributed by atoms with van der Waals surface area (Å²) in [5.41, 5.74) is 5.01. The molecule has 3 aliphatic heterocycles. The molecule has 8 N–H and O–H groups in total. The topological polar surface area (TPSA) is 274 Å². The Morgan fingerprint density at radius 1 is 0.940 bits per heavy atom. The number of hydrogen-bond acceptors (Lipinski definition) is 12. The number of nitrogens with one attached hydrogen (secondary N) is 8. The van der Waals surface area contributed by atoms with Gasteiger partial charge in [-0.1, -0.05) is 57.2 Å². The van der Waals surface area contributed by atoms with Crippen molar-refractivity contribution in [1.29, 1.82) is 10.5 Å². The molecule has 0 saturated carbocycles. The maximum Gasteiger partial charge on any atom is 0.287 e. The van der Waals surface area contributed by atoms with Gasteiger partial charge in [0.2, 0.25) is 11.8 Å². The van der Waals surface area contributed by atoms with Gasteiger partial charge in [-0.3, -0.25) is 34.4 Å². The molecule has 1 saturated heterocycles. The average molecular weight is 908 g/mol. The second-order valence-electron chi connectivity index (χ2n) is 18.1. The highest BCUT2D eigenvalue weighted by atomic mass is 16.5. The maximum atomic E-state index is 14.1. The zero-order valence-corrected chi connectivity index (χ0v) is 37.6. The number of aliphatic imine (C=N–C) groups is 1. The monoisotopic (exact) mass is 907 g/mol. The van der Waals surface area contributed by atoms with Gasteiger partial charge in [0.15, 0.2) is 12.0 Å². The molecular formula is C48H53N13O6. The second-order valence-corrected chi connectivity index (χ2v) is 18.1. The number of fused-ring (bicyclic) bond motifs is 3. The number of ether oxygens (including phenoxy) is 1. The van der Waals surface area contributed by atoms with Crippen molar-refractivity contribution in [3.63, 3.8) is 0 Å². The first-order valence-electron chi connectivity index (χ1n) is 22.4. The molecule has 0 bridgehead atoms. The third-order valence-electron chi connectivity index (χ3n) is 12.6. The lowest BCUT2D eigenvalue weighted by atomic mass is 9.85. The van der Waals surface area contributed by atoms with Crippen LogP contribution in [0.4, 0.5) is 5.69 Å². The number of aromatic amines is 2. The molecule has 3 aliphatic rings. The predicted molar refractivity (Wildman–Crippen MR) is 248 cm³/mol. The van der Waals surface area contributed by atoms with Crippen molar-refractivity contribution in [3.05, 3.63) is 89.9 Å². The molecule has 0 aliphatic carbocycles. The van der Waals surface area contributed by atoms with Crippen LogP contribution in [0.15, 0.2) is 77.8 Å². The first-order chi connectivity index (χ1) is 32.2. The number of H-pyrrole nitrogens is 2. The van der Waals surface area contributed by atoms with E-state index in [9.17, 15) is 34.5 Å². The van der Waals surface area contributed by atoms with Crippen LogP contribution in [-0.4, -0.2) is 99.2 Å². The largest absolute Gasteiger partial charge is 0.496 e. The fraction of sp³-hybridized carbons (Fsp3) is 0.396. The number of methoxy groups -OCH3 is 1. The smallest absolute Gasteiger partial charge is 0.287 e. The zero-order chi connectivity index (χ0) is 47.4. The minimum atomic E-state index is -1.19. The molecule has 19 nitrogen and oxygen atoms in total. The molecule has 19 heteroatoms. The molecule has 0 radical (unpaired) electrons. The summed E-state index contributed by atoms with van der Waals surface area (Å²) in [7, 11) is 1.53. The Morgan fingerprint density at radius 3 is 2.48 bits per heavy atom. The van der Waals surface area contributed by atoms with E-state index in [4.69, 9.17) is 9.73 Å². The number of para-hydroxylation sites is 3. The highest BCUT2D eigenvalue weighted by molar-refractivity contribution is 6.04. The predicted octanol–water partition coefficient (Wildman–Crippen LogP) is 4.12. The van der Waals surface area contributed by atoms with Crippen molar-refractivity contribution >= 4 is 63.0 Å². The standard InChI is InChI=1S/C48H53N13O6/c1-26(2)16-37(57-47(66)42-54-35-12-7-8-13-36(35)55-42)41-51-24-48(23-49,59-41)21-28-19-29(52-43(28)62)17-27(3)18-38(58-45(64)39-20-31-34(53-39)14-9-15-40(31)67-4)46(65)60-61(25-50)22-32-30-10-5-6-11-33(30)56-44(32)63/h5-15,20,26-29,32,37-38,53H,16-19,21-22,24H2,1-4H3,(H,51,59)(H,52,62)(H,54,55)(H,56,63)(H,57,66)(H,58,64)(H,60,65)/t27?,28?,29?,32?,37?,38-,48+/m0/s1. The number of aromatic nitrogens is 3. The van der Waals surface area contributed by atoms with Crippen LogP contribution in [0.25, 0.3) is 21.9 Å². The van der Waals surface area contributed by atoms with E-state index in [-0.39, 0.29) is 67.1 Å². The van der Waals surface area contributed by atoms with Gasteiger partial charge in [0.25, 0.3) is 17.7 Å². The van der Waals surface area contributed by atoms with Crippen molar-refractivity contribution in [3.8, 4) is 18.0 Å². The highest BCUT2D eigenvalue weighted by Gasteiger charge is 2.45. The Hall–Kier alpha value is -7.93. The van der Waals surface area contributed by atoms with Gasteiger partial charge in [0.05, 0.1) is 49.3 Å². The lowest BCUT2D eigenvalue weighted by molar-refractivity contribution is -0.128. The van der Waals surface area contributed by atoms with Crippen LogP contribution in [0.3, 0.4) is 0 Å². The van der Waals surface area contributed by atoms with E-state index in [1.54, 1.807) is 48.5 Å². The number of hydrazine groups is 1. The fourth-order valence-corrected chi connectivity index (χ4v) is 9.39. The number of nitriles is 2. The summed E-state index contributed by atoms with van der Waals surface area (Å²) in [6, 6.07) is 21.9. The SMILES string of the molecule is COc1cccc2[nH]c(C(=O)N[C@@H](CC(C)CC3CC(C[C@@]4(C#N)CN=C(C(CC(C)C)NC(=O)c5nc6ccccc6[nH]5)N4)C(=O)N3)C(=O)NN(C#N)CC3C(=O)Nc4ccccc43)cc12. The summed E-state index contributed by atoms with van der Waals surface area (Å²) in [5, 5.41) is 37.4. The highest BCUT2D eigenvalue weighted by Crippen LogP contribution is 2.34. The number of imidazole rings is 1. The number of carbonyl (C=O) groups is 5. The van der Waals surface area contributed by atoms with E-state index < -0.39 is 47.2 Å². The van der Waals surface area contributed by atoms with E-state index in [1.165, 1.54) is 7.11 Å². The zero-order valence-electron chi connectivity index (χ0n) is 37.6. The lowest BCUT2D eigenvalue weighted by Crippen LogP contribution is -2.53. The third kappa shape index (κ3) is 10.0. The first kappa shape index (κ1) is 45.6. The minimum Gasteiger partial charge on any atom is -0.496 e. The quantitative estimate of drug-likeness (QED) is 0.0352. The number of benzene rings is 3. The first-order valence-corrected chi connectivity index (χ1v) is 22.4. The number of hydrogen-bond donors (Lipinski definition) is 8. The van der Waals surface area contributed by atoms with Gasteiger partial charge in [0, 0.05) is 28.6 Å². The van der Waals surface area contributed by atoms with E-state index >= 15 is 0 Å². The normalized spacial score (nSPS) is 20.9. The van der Waals surface area contributed by atoms with Crippen LogP contribution in [0.5, 0.6) is 5.75 Å². The Morgan fingerprint density at radius 2 is 1.72 bits per heavy atom. The molecule has 5 amide bonds. The van der Waals surface area contributed by atoms with Gasteiger partial charge >= 0.3 is 0 Å². The second kappa shape index (κ2) is 19.3. The number of amides is 5. The van der Waals surface area contributed by atoms with Gasteiger partial charge in [-0.2, -0.15) is 10.5 Å². The van der Waals surface area contributed by atoms with Crippen LogP contribution in [0.2, 0.25) is 0 Å². The van der Waals surface area contributed by atoms with Gasteiger partial charge in [0.1, 0.15) is 28.9 Å². The van der Waals surface area contributed by atoms with E-state index in [0.717, 1.165) is 10.5 Å². The summed E-state index contributed by atoms with van der Waals surface area (Å²) in [6.07, 6.45) is 3.65. The number of rotatable bonds is 18. The molecule has 8 rings (SSSR count). The van der Waals surface area contributed by atoms with E-state index in [0.29, 0.717) is 58.5 Å². The summed E-state index contributed by atoms with van der Waals surface area (Å²) in [6.45, 7) is 5.92. The van der Waals surface area contributed by atoms with Crippen LogP contribution < -0.4 is 36.7 Å². The molecule has 5 unspecified atom stereocenters. The maximum absolute atomic E-state index is 14.1. The van der Waals surface area contributed by atoms with E-state index in [1.807, 2.05) is 51.2 Å². The van der Waals surface area contributed by atoms with Crippen LogP contribution in [0, 0.1) is 40.5 Å². The van der Waals surface area contributed by atoms with E-state index in [2.05, 4.69) is 53.0 Å². The minimum absolute atomic E-state index is 0.0933. The molecule has 5 heterocycles. The molecule has 5 aromatic rings. The Kier molecular flexibility index (Phi) is 13.1. The van der Waals surface area contributed by atoms with Crippen LogP contribution in [0.1, 0.15) is 85.5 Å². The van der Waals surface area contributed by atoms with Crippen molar-refractivity contribution < 1.29 is 28.7 Å².